The lowest BCUT2D eigenvalue weighted by Crippen LogP contribution is -2.49. The molecule has 0 saturated carbocycles. The topological polar surface area (TPSA) is 66.4 Å². The third-order valence-electron chi connectivity index (χ3n) is 5.04. The summed E-state index contributed by atoms with van der Waals surface area (Å²) in [5.41, 5.74) is 1.38. The van der Waals surface area contributed by atoms with E-state index < -0.39 is 10.0 Å². The van der Waals surface area contributed by atoms with Gasteiger partial charge in [0.1, 0.15) is 11.6 Å². The minimum absolute atomic E-state index is 0.0939. The van der Waals surface area contributed by atoms with Gasteiger partial charge in [0.2, 0.25) is 10.0 Å². The van der Waals surface area contributed by atoms with Gasteiger partial charge >= 0.3 is 0 Å². The summed E-state index contributed by atoms with van der Waals surface area (Å²) in [5.74, 6) is 0.959. The molecule has 2 heterocycles. The molecular formula is C20H20ClFN4O2S. The fourth-order valence-electron chi connectivity index (χ4n) is 3.42. The van der Waals surface area contributed by atoms with Crippen molar-refractivity contribution in [3.05, 3.63) is 53.3 Å². The second kappa shape index (κ2) is 7.85. The zero-order chi connectivity index (χ0) is 20.6. The first-order valence-corrected chi connectivity index (χ1v) is 11.3. The van der Waals surface area contributed by atoms with Gasteiger partial charge in [-0.2, -0.15) is 4.31 Å². The van der Waals surface area contributed by atoms with Crippen molar-refractivity contribution >= 4 is 38.3 Å². The van der Waals surface area contributed by atoms with E-state index in [0.717, 1.165) is 11.2 Å². The Morgan fingerprint density at radius 2 is 1.72 bits per heavy atom. The third kappa shape index (κ3) is 4.05. The zero-order valence-corrected chi connectivity index (χ0v) is 17.4. The summed E-state index contributed by atoms with van der Waals surface area (Å²) in [4.78, 5) is 11.4. The molecule has 1 saturated heterocycles. The largest absolute Gasteiger partial charge is 0.353 e. The van der Waals surface area contributed by atoms with Gasteiger partial charge in [0, 0.05) is 42.2 Å². The van der Waals surface area contributed by atoms with Crippen LogP contribution in [0.4, 0.5) is 10.2 Å². The number of anilines is 1. The Bertz CT molecular complexity index is 1150. The molecule has 9 heteroatoms. The SMILES string of the molecule is CCS(=O)(=O)N1CCN(c2nc(-c3ccc(F)cc3)nc3cc(Cl)ccc23)CC1. The van der Waals surface area contributed by atoms with Gasteiger partial charge in [-0.15, -0.1) is 0 Å². The molecule has 6 nitrogen and oxygen atoms in total. The van der Waals surface area contributed by atoms with Gasteiger partial charge in [0.05, 0.1) is 11.3 Å². The van der Waals surface area contributed by atoms with Crippen molar-refractivity contribution in [2.24, 2.45) is 0 Å². The summed E-state index contributed by atoms with van der Waals surface area (Å²) in [6.45, 7) is 3.51. The number of nitrogens with zero attached hydrogens (tertiary/aromatic N) is 4. The zero-order valence-electron chi connectivity index (χ0n) is 15.8. The van der Waals surface area contributed by atoms with E-state index >= 15 is 0 Å². The molecule has 0 spiro atoms. The Morgan fingerprint density at radius 3 is 2.38 bits per heavy atom. The van der Waals surface area contributed by atoms with Crippen LogP contribution < -0.4 is 4.90 Å². The minimum atomic E-state index is -3.21. The highest BCUT2D eigenvalue weighted by Crippen LogP contribution is 2.30. The number of hydrogen-bond donors (Lipinski definition) is 0. The van der Waals surface area contributed by atoms with Crippen molar-refractivity contribution in [3.63, 3.8) is 0 Å². The van der Waals surface area contributed by atoms with Crippen molar-refractivity contribution in [3.8, 4) is 11.4 Å². The predicted molar refractivity (Wildman–Crippen MR) is 113 cm³/mol. The van der Waals surface area contributed by atoms with E-state index in [9.17, 15) is 12.8 Å². The fourth-order valence-corrected chi connectivity index (χ4v) is 4.67. The van der Waals surface area contributed by atoms with Crippen LogP contribution in [-0.2, 0) is 10.0 Å². The highest BCUT2D eigenvalue weighted by atomic mass is 35.5. The van der Waals surface area contributed by atoms with E-state index in [2.05, 4.69) is 9.88 Å². The van der Waals surface area contributed by atoms with Crippen molar-refractivity contribution in [2.75, 3.05) is 36.8 Å². The van der Waals surface area contributed by atoms with Crippen LogP contribution in [0, 0.1) is 5.82 Å². The van der Waals surface area contributed by atoms with Gasteiger partial charge in [-0.25, -0.2) is 22.8 Å². The lowest BCUT2D eigenvalue weighted by molar-refractivity contribution is 0.385. The molecule has 0 radical (unpaired) electrons. The Kier molecular flexibility index (Phi) is 5.42. The maximum absolute atomic E-state index is 13.3. The highest BCUT2D eigenvalue weighted by molar-refractivity contribution is 7.89. The van der Waals surface area contributed by atoms with E-state index in [0.29, 0.717) is 48.1 Å². The van der Waals surface area contributed by atoms with Gasteiger partial charge < -0.3 is 4.90 Å². The van der Waals surface area contributed by atoms with Crippen LogP contribution in [0.25, 0.3) is 22.3 Å². The van der Waals surface area contributed by atoms with Gasteiger partial charge in [0.25, 0.3) is 0 Å². The van der Waals surface area contributed by atoms with Gasteiger partial charge in [-0.3, -0.25) is 0 Å². The van der Waals surface area contributed by atoms with Crippen LogP contribution in [0.3, 0.4) is 0 Å². The monoisotopic (exact) mass is 434 g/mol. The summed E-state index contributed by atoms with van der Waals surface area (Å²) < 4.78 is 39.1. The Labute approximate surface area is 174 Å². The molecule has 1 aliphatic heterocycles. The van der Waals surface area contributed by atoms with Gasteiger partial charge in [-0.1, -0.05) is 11.6 Å². The molecular weight excluding hydrogens is 415 g/mol. The molecule has 152 valence electrons. The van der Waals surface area contributed by atoms with Crippen LogP contribution in [0.2, 0.25) is 5.02 Å². The molecule has 0 N–H and O–H groups in total. The first-order valence-electron chi connectivity index (χ1n) is 9.33. The van der Waals surface area contributed by atoms with Crippen LogP contribution >= 0.6 is 11.6 Å². The number of halogens is 2. The number of aromatic nitrogens is 2. The second-order valence-electron chi connectivity index (χ2n) is 6.83. The maximum Gasteiger partial charge on any atom is 0.213 e. The number of sulfonamides is 1. The average molecular weight is 435 g/mol. The van der Waals surface area contributed by atoms with Crippen LogP contribution in [-0.4, -0.2) is 54.6 Å². The molecule has 3 aromatic rings. The van der Waals surface area contributed by atoms with Gasteiger partial charge in [-0.05, 0) is 49.4 Å². The predicted octanol–water partition coefficient (Wildman–Crippen LogP) is 3.56. The number of hydrogen-bond acceptors (Lipinski definition) is 5. The Hall–Kier alpha value is -2.29. The summed E-state index contributed by atoms with van der Waals surface area (Å²) in [7, 11) is -3.21. The molecule has 4 rings (SSSR count). The number of benzene rings is 2. The van der Waals surface area contributed by atoms with Crippen molar-refractivity contribution in [1.29, 1.82) is 0 Å². The smallest absolute Gasteiger partial charge is 0.213 e. The lowest BCUT2D eigenvalue weighted by atomic mass is 10.1. The molecule has 0 amide bonds. The summed E-state index contributed by atoms with van der Waals surface area (Å²) >= 11 is 6.16. The molecule has 0 unspecified atom stereocenters. The quantitative estimate of drug-likeness (QED) is 0.628. The standard InChI is InChI=1S/C20H20ClFN4O2S/c1-2-29(27,28)26-11-9-25(10-12-26)20-17-8-5-15(21)13-18(17)23-19(24-20)14-3-6-16(22)7-4-14/h3-8,13H,2,9-12H2,1H3. The maximum atomic E-state index is 13.3. The van der Waals surface area contributed by atoms with E-state index in [-0.39, 0.29) is 11.6 Å². The van der Waals surface area contributed by atoms with Crippen molar-refractivity contribution in [2.45, 2.75) is 6.92 Å². The molecule has 2 aromatic carbocycles. The van der Waals surface area contributed by atoms with Gasteiger partial charge in [0.15, 0.2) is 5.82 Å². The molecule has 0 atom stereocenters. The van der Waals surface area contributed by atoms with Crippen molar-refractivity contribution in [1.82, 2.24) is 14.3 Å². The number of piperazine rings is 1. The Morgan fingerprint density at radius 1 is 1.03 bits per heavy atom. The third-order valence-corrected chi connectivity index (χ3v) is 7.15. The summed E-state index contributed by atoms with van der Waals surface area (Å²) in [6.07, 6.45) is 0. The van der Waals surface area contributed by atoms with E-state index in [1.54, 1.807) is 31.2 Å². The van der Waals surface area contributed by atoms with Crippen LogP contribution in [0.1, 0.15) is 6.92 Å². The highest BCUT2D eigenvalue weighted by Gasteiger charge is 2.27. The molecule has 0 bridgehead atoms. The normalized spacial score (nSPS) is 15.8. The minimum Gasteiger partial charge on any atom is -0.353 e. The first-order chi connectivity index (χ1) is 13.9. The summed E-state index contributed by atoms with van der Waals surface area (Å²) in [5, 5.41) is 1.40. The lowest BCUT2D eigenvalue weighted by Gasteiger charge is -2.35. The van der Waals surface area contributed by atoms with Crippen molar-refractivity contribution < 1.29 is 12.8 Å². The molecule has 29 heavy (non-hydrogen) atoms. The van der Waals surface area contributed by atoms with E-state index in [1.807, 2.05) is 6.07 Å². The molecule has 1 fully saturated rings. The molecule has 1 aromatic heterocycles. The molecule has 0 aliphatic carbocycles. The average Bonchev–Trinajstić information content (AvgIpc) is 2.73. The van der Waals surface area contributed by atoms with E-state index in [4.69, 9.17) is 16.6 Å². The Balaban J connectivity index is 1.74. The fraction of sp³-hybridized carbons (Fsp3) is 0.300. The number of rotatable bonds is 4. The number of fused-ring (bicyclic) bond motifs is 1. The van der Waals surface area contributed by atoms with Crippen LogP contribution in [0.5, 0.6) is 0 Å². The second-order valence-corrected chi connectivity index (χ2v) is 9.52. The van der Waals surface area contributed by atoms with Crippen LogP contribution in [0.15, 0.2) is 42.5 Å². The summed E-state index contributed by atoms with van der Waals surface area (Å²) in [6, 6.07) is 11.4. The molecule has 1 aliphatic rings. The first kappa shape index (κ1) is 20.0. The van der Waals surface area contributed by atoms with E-state index in [1.165, 1.54) is 16.4 Å².